The average Bonchev–Trinajstić information content (AvgIpc) is 2.81. The summed E-state index contributed by atoms with van der Waals surface area (Å²) in [6, 6.07) is 15.0. The molecule has 0 atom stereocenters. The standard InChI is InChI=1S/C25H24N2O5/c28-22-14-20-4-2-1-3-19(20)13-21(22)17-5-7-18(8-6-17)23(29)26-9-11-27(12-10-26)24(30)25(31)15-32-16-25/h1-8,13,31H,9-12,14-16H2. The molecule has 0 saturated carbocycles. The fourth-order valence-electron chi connectivity index (χ4n) is 4.39. The van der Waals surface area contributed by atoms with Crippen molar-refractivity contribution in [2.45, 2.75) is 12.0 Å². The SMILES string of the molecule is O=C1Cc2ccccc2C=C1c1ccc(C(=O)N2CCN(C(=O)C3(O)COC3)CC2)cc1. The van der Waals surface area contributed by atoms with E-state index in [0.29, 0.717) is 43.7 Å². The number of ketones is 1. The van der Waals surface area contributed by atoms with Crippen molar-refractivity contribution in [1.29, 1.82) is 0 Å². The molecule has 5 rings (SSSR count). The minimum Gasteiger partial charge on any atom is -0.376 e. The summed E-state index contributed by atoms with van der Waals surface area (Å²) < 4.78 is 4.96. The van der Waals surface area contributed by atoms with Crippen molar-refractivity contribution in [2.24, 2.45) is 0 Å². The zero-order chi connectivity index (χ0) is 22.3. The molecular formula is C25H24N2O5. The van der Waals surface area contributed by atoms with Crippen molar-refractivity contribution in [3.63, 3.8) is 0 Å². The molecule has 7 nitrogen and oxygen atoms in total. The quantitative estimate of drug-likeness (QED) is 0.792. The van der Waals surface area contributed by atoms with Gasteiger partial charge in [0.1, 0.15) is 0 Å². The third-order valence-corrected chi connectivity index (χ3v) is 6.38. The lowest BCUT2D eigenvalue weighted by atomic mass is 9.87. The minimum atomic E-state index is -1.41. The van der Waals surface area contributed by atoms with Gasteiger partial charge < -0.3 is 19.6 Å². The van der Waals surface area contributed by atoms with E-state index in [1.807, 2.05) is 42.5 Å². The Bertz CT molecular complexity index is 1110. The Hall–Kier alpha value is -3.29. The molecule has 0 bridgehead atoms. The van der Waals surface area contributed by atoms with E-state index in [0.717, 1.165) is 16.7 Å². The van der Waals surface area contributed by atoms with Crippen LogP contribution in [0.15, 0.2) is 48.5 Å². The molecule has 0 spiro atoms. The summed E-state index contributed by atoms with van der Waals surface area (Å²) in [5, 5.41) is 10.2. The first-order valence-corrected chi connectivity index (χ1v) is 10.8. The number of ether oxygens (including phenoxy) is 1. The van der Waals surface area contributed by atoms with Crippen LogP contribution in [0.5, 0.6) is 0 Å². The minimum absolute atomic E-state index is 0.0296. The second kappa shape index (κ2) is 8.00. The van der Waals surface area contributed by atoms with E-state index in [2.05, 4.69) is 0 Å². The first-order valence-electron chi connectivity index (χ1n) is 10.8. The number of amides is 2. The molecule has 1 N–H and O–H groups in total. The molecule has 2 saturated heterocycles. The fourth-order valence-corrected chi connectivity index (χ4v) is 4.39. The zero-order valence-electron chi connectivity index (χ0n) is 17.6. The van der Waals surface area contributed by atoms with Gasteiger partial charge in [-0.25, -0.2) is 0 Å². The van der Waals surface area contributed by atoms with E-state index in [1.165, 1.54) is 0 Å². The topological polar surface area (TPSA) is 87.2 Å². The van der Waals surface area contributed by atoms with Crippen molar-refractivity contribution < 1.29 is 24.2 Å². The van der Waals surface area contributed by atoms with E-state index in [1.54, 1.807) is 21.9 Å². The Kier molecular flexibility index (Phi) is 5.15. The monoisotopic (exact) mass is 432 g/mol. The molecule has 164 valence electrons. The summed E-state index contributed by atoms with van der Waals surface area (Å²) in [6.07, 6.45) is 2.29. The number of allylic oxidation sites excluding steroid dienone is 1. The van der Waals surface area contributed by atoms with Crippen LogP contribution in [-0.4, -0.2) is 77.5 Å². The van der Waals surface area contributed by atoms with Gasteiger partial charge >= 0.3 is 0 Å². The molecule has 3 aliphatic rings. The fraction of sp³-hybridized carbons (Fsp3) is 0.320. The molecule has 0 unspecified atom stereocenters. The number of aliphatic hydroxyl groups is 1. The molecular weight excluding hydrogens is 408 g/mol. The summed E-state index contributed by atoms with van der Waals surface area (Å²) >= 11 is 0. The number of benzene rings is 2. The van der Waals surface area contributed by atoms with Gasteiger partial charge in [0.25, 0.3) is 11.8 Å². The van der Waals surface area contributed by atoms with Gasteiger partial charge in [0.05, 0.1) is 13.2 Å². The van der Waals surface area contributed by atoms with Crippen LogP contribution < -0.4 is 0 Å². The summed E-state index contributed by atoms with van der Waals surface area (Å²) in [4.78, 5) is 41.2. The third kappa shape index (κ3) is 3.63. The van der Waals surface area contributed by atoms with Crippen LogP contribution in [0.25, 0.3) is 11.6 Å². The van der Waals surface area contributed by atoms with Gasteiger partial charge in [-0.15, -0.1) is 0 Å². The number of carbonyl (C=O) groups excluding carboxylic acids is 3. The molecule has 1 aliphatic carbocycles. The van der Waals surface area contributed by atoms with Crippen LogP contribution in [0, 0.1) is 0 Å². The highest BCUT2D eigenvalue weighted by molar-refractivity contribution is 6.27. The molecule has 2 heterocycles. The smallest absolute Gasteiger partial charge is 0.259 e. The van der Waals surface area contributed by atoms with Gasteiger partial charge in [-0.05, 0) is 34.9 Å². The van der Waals surface area contributed by atoms with Crippen molar-refractivity contribution in [3.05, 3.63) is 70.8 Å². The second-order valence-electron chi connectivity index (χ2n) is 8.54. The Labute approximate surface area is 185 Å². The number of carbonyl (C=O) groups is 3. The van der Waals surface area contributed by atoms with E-state index in [4.69, 9.17) is 4.74 Å². The van der Waals surface area contributed by atoms with Crippen LogP contribution in [0.4, 0.5) is 0 Å². The van der Waals surface area contributed by atoms with Gasteiger partial charge in [0.2, 0.25) is 0 Å². The van der Waals surface area contributed by atoms with Crippen LogP contribution in [-0.2, 0) is 20.7 Å². The predicted molar refractivity (Wildman–Crippen MR) is 118 cm³/mol. The maximum absolute atomic E-state index is 12.9. The molecule has 0 radical (unpaired) electrons. The van der Waals surface area contributed by atoms with Crippen LogP contribution in [0.1, 0.15) is 27.0 Å². The largest absolute Gasteiger partial charge is 0.376 e. The van der Waals surface area contributed by atoms with E-state index in [-0.39, 0.29) is 30.8 Å². The van der Waals surface area contributed by atoms with Gasteiger partial charge in [0.15, 0.2) is 11.4 Å². The number of rotatable bonds is 3. The van der Waals surface area contributed by atoms with Gasteiger partial charge in [-0.1, -0.05) is 36.4 Å². The number of Topliss-reactive ketones (excluding diaryl/α,β-unsaturated/α-hetero) is 1. The van der Waals surface area contributed by atoms with Crippen molar-refractivity contribution >= 4 is 29.2 Å². The highest BCUT2D eigenvalue weighted by Gasteiger charge is 2.46. The van der Waals surface area contributed by atoms with Crippen molar-refractivity contribution in [1.82, 2.24) is 9.80 Å². The number of hydrogen-bond donors (Lipinski definition) is 1. The maximum Gasteiger partial charge on any atom is 0.259 e. The molecule has 2 aliphatic heterocycles. The van der Waals surface area contributed by atoms with Crippen molar-refractivity contribution in [3.8, 4) is 0 Å². The molecule has 32 heavy (non-hydrogen) atoms. The predicted octanol–water partition coefficient (Wildman–Crippen LogP) is 1.40. The first kappa shape index (κ1) is 20.6. The molecule has 2 aromatic carbocycles. The Balaban J connectivity index is 1.25. The number of hydrogen-bond acceptors (Lipinski definition) is 5. The molecule has 2 fully saturated rings. The lowest BCUT2D eigenvalue weighted by molar-refractivity contribution is -0.201. The number of piperazine rings is 1. The lowest BCUT2D eigenvalue weighted by Gasteiger charge is -2.42. The van der Waals surface area contributed by atoms with Gasteiger partial charge in [-0.2, -0.15) is 0 Å². The van der Waals surface area contributed by atoms with E-state index < -0.39 is 5.60 Å². The average molecular weight is 432 g/mol. The van der Waals surface area contributed by atoms with Crippen LogP contribution in [0.3, 0.4) is 0 Å². The Morgan fingerprint density at radius 2 is 1.56 bits per heavy atom. The summed E-state index contributed by atoms with van der Waals surface area (Å²) in [6.45, 7) is 1.63. The van der Waals surface area contributed by atoms with Crippen molar-refractivity contribution in [2.75, 3.05) is 39.4 Å². The third-order valence-electron chi connectivity index (χ3n) is 6.38. The Morgan fingerprint density at radius 1 is 0.906 bits per heavy atom. The number of fused-ring (bicyclic) bond motifs is 1. The molecule has 0 aromatic heterocycles. The first-order chi connectivity index (χ1) is 15.4. The summed E-state index contributed by atoms with van der Waals surface area (Å²) in [7, 11) is 0. The highest BCUT2D eigenvalue weighted by atomic mass is 16.5. The maximum atomic E-state index is 12.9. The van der Waals surface area contributed by atoms with Gasteiger partial charge in [-0.3, -0.25) is 14.4 Å². The summed E-state index contributed by atoms with van der Waals surface area (Å²) in [5.41, 5.74) is 2.67. The zero-order valence-corrected chi connectivity index (χ0v) is 17.6. The Morgan fingerprint density at radius 3 is 2.22 bits per heavy atom. The van der Waals surface area contributed by atoms with Crippen LogP contribution in [0.2, 0.25) is 0 Å². The number of nitrogens with zero attached hydrogens (tertiary/aromatic N) is 2. The highest BCUT2D eigenvalue weighted by Crippen LogP contribution is 2.28. The molecule has 2 amide bonds. The van der Waals surface area contributed by atoms with E-state index in [9.17, 15) is 19.5 Å². The van der Waals surface area contributed by atoms with E-state index >= 15 is 0 Å². The molecule has 7 heteroatoms. The lowest BCUT2D eigenvalue weighted by Crippen LogP contribution is -2.64. The second-order valence-corrected chi connectivity index (χ2v) is 8.54. The van der Waals surface area contributed by atoms with Gasteiger partial charge in [0, 0.05) is 43.7 Å². The summed E-state index contributed by atoms with van der Waals surface area (Å²) in [5.74, 6) is -0.363. The molecule has 2 aromatic rings. The van der Waals surface area contributed by atoms with Crippen LogP contribution >= 0.6 is 0 Å². The normalized spacial score (nSPS) is 19.7.